The normalized spacial score (nSPS) is 13.8. The van der Waals surface area contributed by atoms with Gasteiger partial charge in [0, 0.05) is 10.7 Å². The topological polar surface area (TPSA) is 88.5 Å². The SMILES string of the molecule is O=S(=O)(O)S(=O)(=O)Cl. The van der Waals surface area contributed by atoms with Crippen molar-refractivity contribution in [1.82, 2.24) is 0 Å². The van der Waals surface area contributed by atoms with Gasteiger partial charge in [-0.1, -0.05) is 0 Å². The second-order valence-electron chi connectivity index (χ2n) is 0.821. The van der Waals surface area contributed by atoms with Crippen molar-refractivity contribution in [2.45, 2.75) is 0 Å². The summed E-state index contributed by atoms with van der Waals surface area (Å²) in [5.74, 6) is 0. The molecule has 0 saturated carbocycles. The summed E-state index contributed by atoms with van der Waals surface area (Å²) in [6, 6.07) is 0. The van der Waals surface area contributed by atoms with Crippen LogP contribution in [-0.2, 0) is 17.2 Å². The van der Waals surface area contributed by atoms with E-state index in [9.17, 15) is 16.8 Å². The minimum absolute atomic E-state index is 4.14. The van der Waals surface area contributed by atoms with Crippen LogP contribution in [0.15, 0.2) is 0 Å². The molecule has 0 fully saturated rings. The Morgan fingerprint density at radius 1 is 1.12 bits per heavy atom. The molecule has 0 radical (unpaired) electrons. The van der Waals surface area contributed by atoms with E-state index >= 15 is 0 Å². The molecule has 5 nitrogen and oxygen atoms in total. The Kier molecular flexibility index (Phi) is 1.87. The van der Waals surface area contributed by atoms with Crippen LogP contribution in [0.3, 0.4) is 0 Å². The van der Waals surface area contributed by atoms with Gasteiger partial charge in [-0.25, -0.2) is 0 Å². The summed E-state index contributed by atoms with van der Waals surface area (Å²) >= 11 is 0. The highest BCUT2D eigenvalue weighted by molar-refractivity contribution is 8.73. The van der Waals surface area contributed by atoms with Gasteiger partial charge in [0.25, 0.3) is 0 Å². The third-order valence-corrected chi connectivity index (χ3v) is 3.70. The Bertz CT molecular complexity index is 223. The summed E-state index contributed by atoms with van der Waals surface area (Å²) in [7, 11) is -5.80. The van der Waals surface area contributed by atoms with Crippen molar-refractivity contribution < 1.29 is 21.4 Å². The van der Waals surface area contributed by atoms with E-state index in [0.717, 1.165) is 0 Å². The fourth-order valence-corrected chi connectivity index (χ4v) is 0. The molecule has 0 saturated heterocycles. The van der Waals surface area contributed by atoms with Crippen LogP contribution in [0.2, 0.25) is 0 Å². The maximum atomic E-state index is 9.58. The zero-order chi connectivity index (χ0) is 7.00. The van der Waals surface area contributed by atoms with Crippen molar-refractivity contribution in [2.75, 3.05) is 0 Å². The highest BCUT2D eigenvalue weighted by Gasteiger charge is 2.22. The van der Waals surface area contributed by atoms with E-state index in [1.54, 1.807) is 0 Å². The molecule has 8 heavy (non-hydrogen) atoms. The van der Waals surface area contributed by atoms with Gasteiger partial charge < -0.3 is 0 Å². The van der Waals surface area contributed by atoms with Gasteiger partial charge in [0.2, 0.25) is 0 Å². The molecule has 50 valence electrons. The summed E-state index contributed by atoms with van der Waals surface area (Å²) in [5, 5.41) is 0. The lowest BCUT2D eigenvalue weighted by Gasteiger charge is -1.83. The van der Waals surface area contributed by atoms with Gasteiger partial charge >= 0.3 is 17.2 Å². The van der Waals surface area contributed by atoms with E-state index in [-0.39, 0.29) is 0 Å². The lowest BCUT2D eigenvalue weighted by Crippen LogP contribution is -2.05. The van der Waals surface area contributed by atoms with E-state index in [2.05, 4.69) is 10.7 Å². The molecule has 0 unspecified atom stereocenters. The summed E-state index contributed by atoms with van der Waals surface area (Å²) in [4.78, 5) is 0. The summed E-state index contributed by atoms with van der Waals surface area (Å²) < 4.78 is 45.7. The Hall–Kier alpha value is 0.150. The minimum atomic E-state index is -5.10. The second kappa shape index (κ2) is 1.83. The highest BCUT2D eigenvalue weighted by Crippen LogP contribution is 2.03. The van der Waals surface area contributed by atoms with Crippen LogP contribution >= 0.6 is 10.7 Å². The molecule has 0 aromatic heterocycles. The summed E-state index contributed by atoms with van der Waals surface area (Å²) in [6.45, 7) is 0. The van der Waals surface area contributed by atoms with Crippen molar-refractivity contribution in [3.63, 3.8) is 0 Å². The average molecular weight is 181 g/mol. The predicted molar refractivity (Wildman–Crippen MR) is 26.3 cm³/mol. The number of halogens is 1. The summed E-state index contributed by atoms with van der Waals surface area (Å²) in [6.07, 6.45) is 0. The predicted octanol–water partition coefficient (Wildman–Crippen LogP) is -0.642. The molecule has 0 aliphatic rings. The first-order valence-corrected chi connectivity index (χ1v) is 5.44. The monoisotopic (exact) mass is 180 g/mol. The van der Waals surface area contributed by atoms with Crippen molar-refractivity contribution in [1.29, 1.82) is 0 Å². The van der Waals surface area contributed by atoms with Crippen LogP contribution in [0.1, 0.15) is 0 Å². The van der Waals surface area contributed by atoms with Crippen molar-refractivity contribution in [2.24, 2.45) is 0 Å². The van der Waals surface area contributed by atoms with Gasteiger partial charge in [0.05, 0.1) is 0 Å². The molecule has 0 bridgehead atoms. The molecule has 0 rings (SSSR count). The first-order valence-electron chi connectivity index (χ1n) is 1.17. The molecular formula is HClO5S2. The first kappa shape index (κ1) is 8.15. The van der Waals surface area contributed by atoms with Gasteiger partial charge in [-0.05, 0) is 0 Å². The maximum Gasteiger partial charge on any atom is 0.386 e. The van der Waals surface area contributed by atoms with Gasteiger partial charge in [-0.2, -0.15) is 16.8 Å². The van der Waals surface area contributed by atoms with Crippen molar-refractivity contribution in [3.05, 3.63) is 0 Å². The van der Waals surface area contributed by atoms with Gasteiger partial charge in [-0.15, -0.1) is 0 Å². The Morgan fingerprint density at radius 2 is 1.25 bits per heavy atom. The molecule has 1 N–H and O–H groups in total. The number of hydrogen-bond acceptors (Lipinski definition) is 4. The van der Waals surface area contributed by atoms with Crippen LogP contribution < -0.4 is 0 Å². The molecule has 0 aromatic carbocycles. The van der Waals surface area contributed by atoms with Crippen LogP contribution in [0, 0.1) is 0 Å². The number of rotatable bonds is 1. The largest absolute Gasteiger partial charge is 0.386 e. The van der Waals surface area contributed by atoms with E-state index in [1.807, 2.05) is 0 Å². The van der Waals surface area contributed by atoms with Crippen LogP contribution in [-0.4, -0.2) is 21.4 Å². The Labute approximate surface area is 49.8 Å². The number of hydrogen-bond donors (Lipinski definition) is 1. The summed E-state index contributed by atoms with van der Waals surface area (Å²) in [5.41, 5.74) is 0. The van der Waals surface area contributed by atoms with E-state index in [1.165, 1.54) is 0 Å². The Balaban J connectivity index is 5.18. The molecule has 0 amide bonds. The van der Waals surface area contributed by atoms with Crippen LogP contribution in [0.25, 0.3) is 0 Å². The molecule has 0 heterocycles. The van der Waals surface area contributed by atoms with E-state index in [4.69, 9.17) is 4.55 Å². The van der Waals surface area contributed by atoms with Crippen LogP contribution in [0.5, 0.6) is 0 Å². The molecule has 0 spiro atoms. The quantitative estimate of drug-likeness (QED) is 0.329. The zero-order valence-corrected chi connectivity index (χ0v) is 5.66. The molecule has 0 atom stereocenters. The zero-order valence-electron chi connectivity index (χ0n) is 3.27. The van der Waals surface area contributed by atoms with Crippen molar-refractivity contribution >= 4 is 27.9 Å². The smallest absolute Gasteiger partial charge is 0.273 e. The molecular weight excluding hydrogens is 180 g/mol. The van der Waals surface area contributed by atoms with E-state index < -0.39 is 17.2 Å². The third-order valence-electron chi connectivity index (χ3n) is 0.252. The maximum absolute atomic E-state index is 9.58. The second-order valence-corrected chi connectivity index (χ2v) is 6.81. The molecule has 0 aromatic rings. The fraction of sp³-hybridized carbons (Fsp3) is 0. The first-order chi connectivity index (χ1) is 3.25. The lowest BCUT2D eigenvalue weighted by molar-refractivity contribution is 0.495. The van der Waals surface area contributed by atoms with Gasteiger partial charge in [0.1, 0.15) is 0 Å². The third kappa shape index (κ3) is 1.95. The average Bonchev–Trinajstić information content (AvgIpc) is 1.25. The van der Waals surface area contributed by atoms with Crippen molar-refractivity contribution in [3.8, 4) is 0 Å². The molecule has 8 heteroatoms. The highest BCUT2D eigenvalue weighted by atomic mass is 35.8. The lowest BCUT2D eigenvalue weighted by atomic mass is 15.9. The van der Waals surface area contributed by atoms with E-state index in [0.29, 0.717) is 0 Å². The van der Waals surface area contributed by atoms with Gasteiger partial charge in [-0.3, -0.25) is 4.55 Å². The minimum Gasteiger partial charge on any atom is -0.273 e. The molecule has 0 aliphatic carbocycles. The Morgan fingerprint density at radius 3 is 1.25 bits per heavy atom. The standard InChI is InChI=1S/ClHO5S2/c1-7(2,3)8(4,5)6/h(H,4,5,6). The molecule has 0 aliphatic heterocycles. The fourth-order valence-electron chi connectivity index (χ4n) is 0. The van der Waals surface area contributed by atoms with Gasteiger partial charge in [0.15, 0.2) is 0 Å². The van der Waals surface area contributed by atoms with Crippen LogP contribution in [0.4, 0.5) is 0 Å².